The van der Waals surface area contributed by atoms with Crippen molar-refractivity contribution in [1.82, 2.24) is 0 Å². The minimum absolute atomic E-state index is 0.0515. The fraction of sp³-hybridized carbons (Fsp3) is 0.0952. The second-order valence-corrected chi connectivity index (χ2v) is 8.10. The molecule has 27 heavy (non-hydrogen) atoms. The highest BCUT2D eigenvalue weighted by Gasteiger charge is 2.14. The predicted molar refractivity (Wildman–Crippen MR) is 103 cm³/mol. The van der Waals surface area contributed by atoms with Crippen LogP contribution in [0.3, 0.4) is 0 Å². The molecular weight excluding hydrogens is 364 g/mol. The van der Waals surface area contributed by atoms with Crippen molar-refractivity contribution >= 4 is 15.8 Å². The fourth-order valence-electron chi connectivity index (χ4n) is 2.63. The Labute approximate surface area is 157 Å². The smallest absolute Gasteiger partial charge is 0.339 e. The zero-order valence-corrected chi connectivity index (χ0v) is 15.4. The summed E-state index contributed by atoms with van der Waals surface area (Å²) in [5, 5.41) is 9.53. The molecular formula is C21H18O5S. The monoisotopic (exact) mass is 382 g/mol. The number of hydrogen-bond donors (Lipinski definition) is 1. The van der Waals surface area contributed by atoms with Gasteiger partial charge in [0.1, 0.15) is 17.9 Å². The van der Waals surface area contributed by atoms with E-state index in [1.807, 2.05) is 30.3 Å². The topological polar surface area (TPSA) is 80.7 Å². The third-order valence-electron chi connectivity index (χ3n) is 4.06. The van der Waals surface area contributed by atoms with Crippen LogP contribution in [0.25, 0.3) is 11.1 Å². The molecule has 0 radical (unpaired) electrons. The summed E-state index contributed by atoms with van der Waals surface area (Å²) in [6.45, 7) is 0.267. The Morgan fingerprint density at radius 3 is 2.15 bits per heavy atom. The second kappa shape index (κ2) is 7.63. The lowest BCUT2D eigenvalue weighted by Crippen LogP contribution is -2.04. The summed E-state index contributed by atoms with van der Waals surface area (Å²) in [5.41, 5.74) is 2.38. The summed E-state index contributed by atoms with van der Waals surface area (Å²) in [6.07, 6.45) is 1.14. The fourth-order valence-corrected chi connectivity index (χ4v) is 3.26. The van der Waals surface area contributed by atoms with E-state index in [0.29, 0.717) is 5.56 Å². The van der Waals surface area contributed by atoms with E-state index < -0.39 is 15.8 Å². The molecule has 0 aliphatic rings. The molecule has 0 bridgehead atoms. The van der Waals surface area contributed by atoms with Crippen LogP contribution < -0.4 is 4.74 Å². The number of carboxylic acid groups (broad SMARTS) is 1. The van der Waals surface area contributed by atoms with Gasteiger partial charge >= 0.3 is 5.97 Å². The molecule has 0 atom stereocenters. The van der Waals surface area contributed by atoms with Gasteiger partial charge in [-0.1, -0.05) is 48.5 Å². The maximum atomic E-state index is 11.6. The Hall–Kier alpha value is -3.12. The molecule has 138 valence electrons. The van der Waals surface area contributed by atoms with Crippen LogP contribution in [0.2, 0.25) is 0 Å². The van der Waals surface area contributed by atoms with Crippen LogP contribution in [-0.2, 0) is 16.4 Å². The van der Waals surface area contributed by atoms with Crippen molar-refractivity contribution in [2.45, 2.75) is 11.5 Å². The van der Waals surface area contributed by atoms with E-state index in [0.717, 1.165) is 17.4 Å². The van der Waals surface area contributed by atoms with Crippen LogP contribution in [0.15, 0.2) is 77.7 Å². The van der Waals surface area contributed by atoms with Crippen LogP contribution >= 0.6 is 0 Å². The third kappa shape index (κ3) is 4.54. The van der Waals surface area contributed by atoms with Gasteiger partial charge in [0.25, 0.3) is 0 Å². The van der Waals surface area contributed by atoms with E-state index in [1.54, 1.807) is 24.3 Å². The van der Waals surface area contributed by atoms with Gasteiger partial charge in [0.05, 0.1) is 4.90 Å². The number of sulfone groups is 1. The van der Waals surface area contributed by atoms with E-state index in [-0.39, 0.29) is 22.8 Å². The number of benzene rings is 3. The second-order valence-electron chi connectivity index (χ2n) is 6.09. The number of carbonyl (C=O) groups is 1. The van der Waals surface area contributed by atoms with Crippen molar-refractivity contribution in [2.24, 2.45) is 0 Å². The maximum absolute atomic E-state index is 11.6. The van der Waals surface area contributed by atoms with Crippen molar-refractivity contribution in [3.8, 4) is 16.9 Å². The van der Waals surface area contributed by atoms with E-state index in [4.69, 9.17) is 4.74 Å². The molecule has 6 heteroatoms. The molecule has 0 aliphatic heterocycles. The molecule has 3 aromatic carbocycles. The predicted octanol–water partition coefficient (Wildman–Crippen LogP) is 4.03. The number of carboxylic acids is 1. The Bertz CT molecular complexity index is 1060. The van der Waals surface area contributed by atoms with Gasteiger partial charge in [-0.2, -0.15) is 0 Å². The molecule has 0 saturated heterocycles. The molecule has 0 aromatic heterocycles. The van der Waals surface area contributed by atoms with Gasteiger partial charge in [-0.15, -0.1) is 0 Å². The standard InChI is InChI=1S/C21H18O5S/c1-27(24,25)18-10-7-16(8-11-18)17-9-12-20(19(13-17)21(22)23)26-14-15-5-3-2-4-6-15/h2-13H,14H2,1H3,(H,22,23). The van der Waals surface area contributed by atoms with Crippen molar-refractivity contribution < 1.29 is 23.1 Å². The first kappa shape index (κ1) is 18.7. The van der Waals surface area contributed by atoms with E-state index in [2.05, 4.69) is 0 Å². The zero-order valence-electron chi connectivity index (χ0n) is 14.6. The van der Waals surface area contributed by atoms with Crippen LogP contribution in [0, 0.1) is 0 Å². The number of aromatic carboxylic acids is 1. The first-order chi connectivity index (χ1) is 12.8. The molecule has 1 N–H and O–H groups in total. The Kier molecular flexibility index (Phi) is 5.28. The van der Waals surface area contributed by atoms with Gasteiger partial charge in [-0.25, -0.2) is 13.2 Å². The van der Waals surface area contributed by atoms with Crippen LogP contribution in [0.5, 0.6) is 5.75 Å². The first-order valence-corrected chi connectivity index (χ1v) is 10.1. The lowest BCUT2D eigenvalue weighted by Gasteiger charge is -2.11. The summed E-state index contributed by atoms with van der Waals surface area (Å²) in [6, 6.07) is 20.7. The van der Waals surface area contributed by atoms with Gasteiger partial charge in [-0.3, -0.25) is 0 Å². The zero-order chi connectivity index (χ0) is 19.4. The molecule has 3 aromatic rings. The molecule has 5 nitrogen and oxygen atoms in total. The molecule has 3 rings (SSSR count). The Balaban J connectivity index is 1.88. The van der Waals surface area contributed by atoms with Crippen molar-refractivity contribution in [3.63, 3.8) is 0 Å². The van der Waals surface area contributed by atoms with Crippen molar-refractivity contribution in [3.05, 3.63) is 83.9 Å². The van der Waals surface area contributed by atoms with Crippen molar-refractivity contribution in [2.75, 3.05) is 6.26 Å². The normalized spacial score (nSPS) is 11.1. The van der Waals surface area contributed by atoms with Gasteiger partial charge in [0.15, 0.2) is 9.84 Å². The number of hydrogen-bond acceptors (Lipinski definition) is 4. The summed E-state index contributed by atoms with van der Waals surface area (Å²) < 4.78 is 28.8. The highest BCUT2D eigenvalue weighted by Crippen LogP contribution is 2.28. The summed E-state index contributed by atoms with van der Waals surface area (Å²) in [5.74, 6) is -0.810. The molecule has 0 heterocycles. The quantitative estimate of drug-likeness (QED) is 0.696. The Morgan fingerprint density at radius 2 is 1.56 bits per heavy atom. The molecule has 0 fully saturated rings. The summed E-state index contributed by atoms with van der Waals surface area (Å²) in [4.78, 5) is 11.9. The lowest BCUT2D eigenvalue weighted by molar-refractivity contribution is 0.0692. The minimum Gasteiger partial charge on any atom is -0.488 e. The van der Waals surface area contributed by atoms with E-state index in [1.165, 1.54) is 18.2 Å². The lowest BCUT2D eigenvalue weighted by atomic mass is 10.0. The van der Waals surface area contributed by atoms with Gasteiger partial charge < -0.3 is 9.84 Å². The Morgan fingerprint density at radius 1 is 0.926 bits per heavy atom. The van der Waals surface area contributed by atoms with E-state index >= 15 is 0 Å². The van der Waals surface area contributed by atoms with Gasteiger partial charge in [0, 0.05) is 6.26 Å². The molecule has 0 spiro atoms. The SMILES string of the molecule is CS(=O)(=O)c1ccc(-c2ccc(OCc3ccccc3)c(C(=O)O)c2)cc1. The van der Waals surface area contributed by atoms with Gasteiger partial charge in [0.2, 0.25) is 0 Å². The average molecular weight is 382 g/mol. The molecule has 0 saturated carbocycles. The van der Waals surface area contributed by atoms with E-state index in [9.17, 15) is 18.3 Å². The van der Waals surface area contributed by atoms with Crippen LogP contribution in [0.1, 0.15) is 15.9 Å². The maximum Gasteiger partial charge on any atom is 0.339 e. The third-order valence-corrected chi connectivity index (χ3v) is 5.19. The van der Waals surface area contributed by atoms with Crippen LogP contribution in [0.4, 0.5) is 0 Å². The number of rotatable bonds is 6. The molecule has 0 amide bonds. The summed E-state index contributed by atoms with van der Waals surface area (Å²) >= 11 is 0. The highest BCUT2D eigenvalue weighted by molar-refractivity contribution is 7.90. The van der Waals surface area contributed by atoms with Crippen LogP contribution in [-0.4, -0.2) is 25.7 Å². The summed E-state index contributed by atoms with van der Waals surface area (Å²) in [7, 11) is -3.28. The average Bonchev–Trinajstić information content (AvgIpc) is 2.66. The first-order valence-electron chi connectivity index (χ1n) is 8.19. The molecule has 0 unspecified atom stereocenters. The number of ether oxygens (including phenoxy) is 1. The van der Waals surface area contributed by atoms with Gasteiger partial charge in [-0.05, 0) is 41.0 Å². The molecule has 0 aliphatic carbocycles. The minimum atomic E-state index is -3.28. The largest absolute Gasteiger partial charge is 0.488 e. The van der Waals surface area contributed by atoms with Crippen molar-refractivity contribution in [1.29, 1.82) is 0 Å². The highest BCUT2D eigenvalue weighted by atomic mass is 32.2.